The monoisotopic (exact) mass is 256 g/mol. The van der Waals surface area contributed by atoms with Gasteiger partial charge in [0.05, 0.1) is 6.54 Å². The van der Waals surface area contributed by atoms with E-state index in [1.807, 2.05) is 0 Å². The number of nitrogens with one attached hydrogen (secondary N) is 1. The number of aliphatic carboxylic acids is 1. The third kappa shape index (κ3) is 2.96. The molecule has 0 saturated heterocycles. The number of nitrogens with zero attached hydrogens (tertiary/aromatic N) is 3. The minimum atomic E-state index is -1.29. The second-order valence-electron chi connectivity index (χ2n) is 4.31. The first kappa shape index (κ1) is 13.9. The van der Waals surface area contributed by atoms with Crippen LogP contribution in [-0.4, -0.2) is 44.7 Å². The van der Waals surface area contributed by atoms with Gasteiger partial charge in [0.1, 0.15) is 5.54 Å². The van der Waals surface area contributed by atoms with Crippen LogP contribution >= 0.6 is 0 Å². The highest BCUT2D eigenvalue weighted by atomic mass is 16.5. The molecule has 0 atom stereocenters. The Bertz CT molecular complexity index is 454. The predicted octanol–water partition coefficient (Wildman–Crippen LogP) is 0.383. The number of amides is 2. The summed E-state index contributed by atoms with van der Waals surface area (Å²) in [6.07, 6.45) is 0. The Morgan fingerprint density at radius 1 is 1.50 bits per heavy atom. The maximum atomic E-state index is 11.7. The van der Waals surface area contributed by atoms with E-state index in [-0.39, 0.29) is 6.54 Å². The molecule has 0 aromatic carbocycles. The van der Waals surface area contributed by atoms with E-state index in [0.29, 0.717) is 11.7 Å². The summed E-state index contributed by atoms with van der Waals surface area (Å²) in [5.41, 5.74) is -1.29. The van der Waals surface area contributed by atoms with Crippen molar-refractivity contribution in [3.8, 4) is 0 Å². The summed E-state index contributed by atoms with van der Waals surface area (Å²) in [6.45, 7) is 4.59. The van der Waals surface area contributed by atoms with Crippen molar-refractivity contribution in [2.75, 3.05) is 7.05 Å². The lowest BCUT2D eigenvalue weighted by atomic mass is 10.1. The third-order valence-corrected chi connectivity index (χ3v) is 2.63. The Labute approximate surface area is 104 Å². The van der Waals surface area contributed by atoms with Crippen molar-refractivity contribution in [2.45, 2.75) is 32.9 Å². The van der Waals surface area contributed by atoms with Crippen LogP contribution in [0, 0.1) is 6.92 Å². The average Bonchev–Trinajstić information content (AvgIpc) is 2.70. The summed E-state index contributed by atoms with van der Waals surface area (Å²) in [6, 6.07) is -0.523. The zero-order valence-corrected chi connectivity index (χ0v) is 10.7. The highest BCUT2D eigenvalue weighted by molar-refractivity contribution is 5.85. The van der Waals surface area contributed by atoms with Gasteiger partial charge in [-0.1, -0.05) is 5.16 Å². The number of carboxylic acids is 1. The van der Waals surface area contributed by atoms with Crippen molar-refractivity contribution in [1.29, 1.82) is 0 Å². The van der Waals surface area contributed by atoms with Gasteiger partial charge in [-0.25, -0.2) is 9.59 Å². The number of hydrogen-bond acceptors (Lipinski definition) is 5. The zero-order valence-electron chi connectivity index (χ0n) is 10.7. The molecule has 0 saturated carbocycles. The van der Waals surface area contributed by atoms with E-state index in [1.54, 1.807) is 6.92 Å². The zero-order chi connectivity index (χ0) is 13.9. The Morgan fingerprint density at radius 2 is 2.11 bits per heavy atom. The van der Waals surface area contributed by atoms with Gasteiger partial charge in [0.15, 0.2) is 5.82 Å². The second kappa shape index (κ2) is 5.03. The van der Waals surface area contributed by atoms with E-state index in [0.717, 1.165) is 4.90 Å². The van der Waals surface area contributed by atoms with Gasteiger partial charge in [0.2, 0.25) is 5.89 Å². The first-order valence-corrected chi connectivity index (χ1v) is 5.29. The fourth-order valence-electron chi connectivity index (χ4n) is 1.08. The SMILES string of the molecule is Cc1nc(CNC(=O)N(C)C(C)(C)C(=O)O)no1. The van der Waals surface area contributed by atoms with Crippen LogP contribution in [0.2, 0.25) is 0 Å². The highest BCUT2D eigenvalue weighted by Crippen LogP contribution is 2.12. The van der Waals surface area contributed by atoms with Gasteiger partial charge < -0.3 is 19.8 Å². The minimum absolute atomic E-state index is 0.0796. The number of carboxylic acid groups (broad SMARTS) is 1. The van der Waals surface area contributed by atoms with Gasteiger partial charge in [0, 0.05) is 14.0 Å². The van der Waals surface area contributed by atoms with Crippen LogP contribution in [0.1, 0.15) is 25.6 Å². The Balaban J connectivity index is 2.58. The van der Waals surface area contributed by atoms with Crippen molar-refractivity contribution in [2.24, 2.45) is 0 Å². The first-order valence-electron chi connectivity index (χ1n) is 5.29. The molecule has 8 heteroatoms. The lowest BCUT2D eigenvalue weighted by Crippen LogP contribution is -2.53. The van der Waals surface area contributed by atoms with Crippen LogP contribution in [0.15, 0.2) is 4.52 Å². The molecule has 1 aromatic heterocycles. The maximum absolute atomic E-state index is 11.7. The van der Waals surface area contributed by atoms with E-state index < -0.39 is 17.5 Å². The van der Waals surface area contributed by atoms with Gasteiger partial charge >= 0.3 is 12.0 Å². The summed E-state index contributed by atoms with van der Waals surface area (Å²) >= 11 is 0. The van der Waals surface area contributed by atoms with Crippen LogP contribution in [-0.2, 0) is 11.3 Å². The lowest BCUT2D eigenvalue weighted by Gasteiger charge is -2.31. The number of aromatic nitrogens is 2. The number of likely N-dealkylation sites (N-methyl/N-ethyl adjacent to an activating group) is 1. The Hall–Kier alpha value is -2.12. The molecule has 0 aliphatic heterocycles. The molecule has 0 fully saturated rings. The number of rotatable bonds is 4. The molecular formula is C10H16N4O4. The molecule has 1 heterocycles. The molecule has 0 bridgehead atoms. The van der Waals surface area contributed by atoms with Crippen molar-refractivity contribution >= 4 is 12.0 Å². The highest BCUT2D eigenvalue weighted by Gasteiger charge is 2.35. The molecule has 0 unspecified atom stereocenters. The van der Waals surface area contributed by atoms with Gasteiger partial charge in [-0.15, -0.1) is 0 Å². The van der Waals surface area contributed by atoms with E-state index in [9.17, 15) is 9.59 Å². The van der Waals surface area contributed by atoms with Crippen molar-refractivity contribution in [3.63, 3.8) is 0 Å². The molecule has 18 heavy (non-hydrogen) atoms. The molecule has 0 aliphatic carbocycles. The van der Waals surface area contributed by atoms with Gasteiger partial charge in [-0.05, 0) is 13.8 Å². The molecule has 2 N–H and O–H groups in total. The lowest BCUT2D eigenvalue weighted by molar-refractivity contribution is -0.146. The number of carbonyl (C=O) groups is 2. The summed E-state index contributed by atoms with van der Waals surface area (Å²) in [7, 11) is 1.41. The van der Waals surface area contributed by atoms with Crippen LogP contribution in [0.3, 0.4) is 0 Å². The van der Waals surface area contributed by atoms with E-state index in [1.165, 1.54) is 20.9 Å². The molecule has 0 radical (unpaired) electrons. The number of hydrogen-bond donors (Lipinski definition) is 2. The molecule has 1 rings (SSSR count). The molecule has 0 aliphatic rings. The summed E-state index contributed by atoms with van der Waals surface area (Å²) in [4.78, 5) is 27.7. The van der Waals surface area contributed by atoms with Crippen LogP contribution in [0.4, 0.5) is 4.79 Å². The van der Waals surface area contributed by atoms with E-state index in [2.05, 4.69) is 15.5 Å². The fourth-order valence-corrected chi connectivity index (χ4v) is 1.08. The summed E-state index contributed by atoms with van der Waals surface area (Å²) < 4.78 is 4.74. The molecule has 2 amide bonds. The Kier molecular flexibility index (Phi) is 3.89. The minimum Gasteiger partial charge on any atom is -0.480 e. The average molecular weight is 256 g/mol. The third-order valence-electron chi connectivity index (χ3n) is 2.63. The van der Waals surface area contributed by atoms with Gasteiger partial charge in [0.25, 0.3) is 0 Å². The van der Waals surface area contributed by atoms with Crippen LogP contribution < -0.4 is 5.32 Å². The standard InChI is InChI=1S/C10H16N4O4/c1-6-12-7(13-18-6)5-11-9(17)14(4)10(2,3)8(15)16/h5H2,1-4H3,(H,11,17)(H,15,16). The van der Waals surface area contributed by atoms with Crippen LogP contribution in [0.25, 0.3) is 0 Å². The van der Waals surface area contributed by atoms with Gasteiger partial charge in [-0.2, -0.15) is 4.98 Å². The molecule has 0 spiro atoms. The summed E-state index contributed by atoms with van der Waals surface area (Å²) in [5, 5.41) is 15.1. The molecular weight excluding hydrogens is 240 g/mol. The quantitative estimate of drug-likeness (QED) is 0.806. The second-order valence-corrected chi connectivity index (χ2v) is 4.31. The van der Waals surface area contributed by atoms with E-state index in [4.69, 9.17) is 9.63 Å². The largest absolute Gasteiger partial charge is 0.480 e. The van der Waals surface area contributed by atoms with Crippen molar-refractivity contribution in [3.05, 3.63) is 11.7 Å². The molecule has 100 valence electrons. The van der Waals surface area contributed by atoms with Gasteiger partial charge in [-0.3, -0.25) is 0 Å². The maximum Gasteiger partial charge on any atom is 0.329 e. The summed E-state index contributed by atoms with van der Waals surface area (Å²) in [5.74, 6) is -0.351. The fraction of sp³-hybridized carbons (Fsp3) is 0.600. The normalized spacial score (nSPS) is 11.1. The first-order chi connectivity index (χ1) is 8.25. The number of urea groups is 1. The molecule has 1 aromatic rings. The van der Waals surface area contributed by atoms with Crippen LogP contribution in [0.5, 0.6) is 0 Å². The molecule has 8 nitrogen and oxygen atoms in total. The Morgan fingerprint density at radius 3 is 2.56 bits per heavy atom. The van der Waals surface area contributed by atoms with E-state index >= 15 is 0 Å². The van der Waals surface area contributed by atoms with Crippen molar-refractivity contribution < 1.29 is 19.2 Å². The number of aryl methyl sites for hydroxylation is 1. The topological polar surface area (TPSA) is 109 Å². The van der Waals surface area contributed by atoms with Crippen molar-refractivity contribution in [1.82, 2.24) is 20.4 Å². The predicted molar refractivity (Wildman–Crippen MR) is 60.7 cm³/mol. The smallest absolute Gasteiger partial charge is 0.329 e. The number of carbonyl (C=O) groups excluding carboxylic acids is 1.